The Hall–Kier alpha value is -0.870. The van der Waals surface area contributed by atoms with E-state index >= 15 is 0 Å². The SMILES string of the molecule is CC(CO)CCc1cn2ccsc2n1. The molecule has 3 nitrogen and oxygen atoms in total. The van der Waals surface area contributed by atoms with Crippen LogP contribution in [0.3, 0.4) is 0 Å². The van der Waals surface area contributed by atoms with Gasteiger partial charge < -0.3 is 5.11 Å². The molecular formula is C10H14N2OS. The fourth-order valence-electron chi connectivity index (χ4n) is 1.38. The number of hydrogen-bond donors (Lipinski definition) is 1. The van der Waals surface area contributed by atoms with Crippen molar-refractivity contribution in [3.05, 3.63) is 23.5 Å². The lowest BCUT2D eigenvalue weighted by Crippen LogP contribution is -2.02. The predicted molar refractivity (Wildman–Crippen MR) is 57.6 cm³/mol. The molecule has 2 aromatic rings. The molecular weight excluding hydrogens is 196 g/mol. The van der Waals surface area contributed by atoms with E-state index in [1.54, 1.807) is 11.3 Å². The van der Waals surface area contributed by atoms with Crippen molar-refractivity contribution in [1.82, 2.24) is 9.38 Å². The largest absolute Gasteiger partial charge is 0.396 e. The van der Waals surface area contributed by atoms with Crippen molar-refractivity contribution >= 4 is 16.3 Å². The van der Waals surface area contributed by atoms with Gasteiger partial charge in [-0.05, 0) is 18.8 Å². The van der Waals surface area contributed by atoms with Gasteiger partial charge in [0.15, 0.2) is 4.96 Å². The molecule has 0 amide bonds. The minimum atomic E-state index is 0.266. The van der Waals surface area contributed by atoms with Gasteiger partial charge >= 0.3 is 0 Å². The molecule has 0 aliphatic rings. The number of aryl methyl sites for hydroxylation is 1. The zero-order chi connectivity index (χ0) is 9.97. The molecule has 1 unspecified atom stereocenters. The second-order valence-corrected chi connectivity index (χ2v) is 4.52. The number of imidazole rings is 1. The van der Waals surface area contributed by atoms with Crippen molar-refractivity contribution in [1.29, 1.82) is 0 Å². The summed E-state index contributed by atoms with van der Waals surface area (Å²) in [5, 5.41) is 10.9. The van der Waals surface area contributed by atoms with Crippen LogP contribution in [0.1, 0.15) is 19.0 Å². The highest BCUT2D eigenvalue weighted by atomic mass is 32.1. The molecule has 0 radical (unpaired) electrons. The summed E-state index contributed by atoms with van der Waals surface area (Å²) in [5.41, 5.74) is 1.12. The number of nitrogens with zero attached hydrogens (tertiary/aromatic N) is 2. The van der Waals surface area contributed by atoms with E-state index in [1.165, 1.54) is 0 Å². The van der Waals surface area contributed by atoms with Gasteiger partial charge in [-0.25, -0.2) is 4.98 Å². The van der Waals surface area contributed by atoms with Gasteiger partial charge in [0, 0.05) is 24.4 Å². The zero-order valence-electron chi connectivity index (χ0n) is 8.18. The number of hydrogen-bond acceptors (Lipinski definition) is 3. The minimum absolute atomic E-state index is 0.266. The second-order valence-electron chi connectivity index (χ2n) is 3.65. The van der Waals surface area contributed by atoms with E-state index in [-0.39, 0.29) is 6.61 Å². The first kappa shape index (κ1) is 9.68. The molecule has 0 saturated heterocycles. The average Bonchev–Trinajstić information content (AvgIpc) is 2.73. The molecule has 0 aliphatic carbocycles. The molecule has 14 heavy (non-hydrogen) atoms. The van der Waals surface area contributed by atoms with Crippen LogP contribution in [0, 0.1) is 5.92 Å². The molecule has 0 bridgehead atoms. The zero-order valence-corrected chi connectivity index (χ0v) is 9.00. The van der Waals surface area contributed by atoms with Gasteiger partial charge in [0.1, 0.15) is 0 Å². The van der Waals surface area contributed by atoms with Crippen LogP contribution in [-0.2, 0) is 6.42 Å². The molecule has 0 aromatic carbocycles. The van der Waals surface area contributed by atoms with Crippen molar-refractivity contribution in [2.24, 2.45) is 5.92 Å². The number of rotatable bonds is 4. The van der Waals surface area contributed by atoms with E-state index in [9.17, 15) is 0 Å². The molecule has 2 rings (SSSR count). The maximum Gasteiger partial charge on any atom is 0.193 e. The molecule has 2 heterocycles. The summed E-state index contributed by atoms with van der Waals surface area (Å²) in [6.07, 6.45) is 6.04. The molecule has 76 valence electrons. The summed E-state index contributed by atoms with van der Waals surface area (Å²) in [6, 6.07) is 0. The Bertz CT molecular complexity index is 378. The summed E-state index contributed by atoms with van der Waals surface area (Å²) >= 11 is 1.65. The third kappa shape index (κ3) is 1.96. The molecule has 4 heteroatoms. The van der Waals surface area contributed by atoms with Gasteiger partial charge in [0.2, 0.25) is 0 Å². The Labute approximate surface area is 87.0 Å². The highest BCUT2D eigenvalue weighted by molar-refractivity contribution is 7.15. The molecule has 0 aliphatic heterocycles. The van der Waals surface area contributed by atoms with Crippen molar-refractivity contribution in [3.63, 3.8) is 0 Å². The fourth-order valence-corrected chi connectivity index (χ4v) is 2.10. The van der Waals surface area contributed by atoms with E-state index in [0.29, 0.717) is 5.92 Å². The molecule has 0 spiro atoms. The number of aromatic nitrogens is 2. The van der Waals surface area contributed by atoms with Crippen LogP contribution < -0.4 is 0 Å². The van der Waals surface area contributed by atoms with Crippen LogP contribution in [-0.4, -0.2) is 21.1 Å². The first-order chi connectivity index (χ1) is 6.79. The van der Waals surface area contributed by atoms with Crippen LogP contribution in [0.4, 0.5) is 0 Å². The van der Waals surface area contributed by atoms with Crippen molar-refractivity contribution in [2.45, 2.75) is 19.8 Å². The maximum absolute atomic E-state index is 8.89. The first-order valence-electron chi connectivity index (χ1n) is 4.81. The Kier molecular flexibility index (Phi) is 2.84. The quantitative estimate of drug-likeness (QED) is 0.837. The lowest BCUT2D eigenvalue weighted by Gasteiger charge is -2.04. The highest BCUT2D eigenvalue weighted by Crippen LogP contribution is 2.14. The van der Waals surface area contributed by atoms with Crippen LogP contribution in [0.2, 0.25) is 0 Å². The lowest BCUT2D eigenvalue weighted by molar-refractivity contribution is 0.230. The van der Waals surface area contributed by atoms with Gasteiger partial charge in [-0.2, -0.15) is 0 Å². The molecule has 2 aromatic heterocycles. The van der Waals surface area contributed by atoms with Crippen LogP contribution in [0.25, 0.3) is 4.96 Å². The fraction of sp³-hybridized carbons (Fsp3) is 0.500. The number of thiazole rings is 1. The Morgan fingerprint density at radius 2 is 2.50 bits per heavy atom. The van der Waals surface area contributed by atoms with Gasteiger partial charge in [-0.3, -0.25) is 4.40 Å². The van der Waals surface area contributed by atoms with Crippen LogP contribution >= 0.6 is 11.3 Å². The summed E-state index contributed by atoms with van der Waals surface area (Å²) in [6.45, 7) is 2.32. The van der Waals surface area contributed by atoms with Gasteiger partial charge in [0.25, 0.3) is 0 Å². The summed E-state index contributed by atoms with van der Waals surface area (Å²) in [7, 11) is 0. The average molecular weight is 210 g/mol. The van der Waals surface area contributed by atoms with Crippen LogP contribution in [0.15, 0.2) is 17.8 Å². The topological polar surface area (TPSA) is 37.5 Å². The summed E-state index contributed by atoms with van der Waals surface area (Å²) < 4.78 is 2.05. The number of fused-ring (bicyclic) bond motifs is 1. The van der Waals surface area contributed by atoms with Crippen molar-refractivity contribution < 1.29 is 5.11 Å². The first-order valence-corrected chi connectivity index (χ1v) is 5.69. The Morgan fingerprint density at radius 1 is 1.64 bits per heavy atom. The smallest absolute Gasteiger partial charge is 0.193 e. The van der Waals surface area contributed by atoms with E-state index in [0.717, 1.165) is 23.5 Å². The number of aliphatic hydroxyl groups excluding tert-OH is 1. The highest BCUT2D eigenvalue weighted by Gasteiger charge is 2.05. The third-order valence-electron chi connectivity index (χ3n) is 2.35. The Morgan fingerprint density at radius 3 is 3.21 bits per heavy atom. The van der Waals surface area contributed by atoms with E-state index in [1.807, 2.05) is 16.0 Å². The second kappa shape index (κ2) is 4.11. The normalized spacial score (nSPS) is 13.6. The van der Waals surface area contributed by atoms with Gasteiger partial charge in [-0.15, -0.1) is 11.3 Å². The Balaban J connectivity index is 2.01. The number of aliphatic hydroxyl groups is 1. The third-order valence-corrected chi connectivity index (χ3v) is 3.12. The summed E-state index contributed by atoms with van der Waals surface area (Å²) in [4.78, 5) is 5.53. The predicted octanol–water partition coefficient (Wildman–Crippen LogP) is 1.96. The molecule has 0 saturated carbocycles. The van der Waals surface area contributed by atoms with Crippen LogP contribution in [0.5, 0.6) is 0 Å². The van der Waals surface area contributed by atoms with Gasteiger partial charge in [0.05, 0.1) is 5.69 Å². The van der Waals surface area contributed by atoms with E-state index in [2.05, 4.69) is 18.1 Å². The standard InChI is InChI=1S/C10H14N2OS/c1-8(7-13)2-3-9-6-12-4-5-14-10(12)11-9/h4-6,8,13H,2-3,7H2,1H3. The van der Waals surface area contributed by atoms with E-state index < -0.39 is 0 Å². The van der Waals surface area contributed by atoms with Crippen molar-refractivity contribution in [2.75, 3.05) is 6.61 Å². The minimum Gasteiger partial charge on any atom is -0.396 e. The van der Waals surface area contributed by atoms with E-state index in [4.69, 9.17) is 5.11 Å². The molecule has 1 atom stereocenters. The molecule has 1 N–H and O–H groups in total. The van der Waals surface area contributed by atoms with Gasteiger partial charge in [-0.1, -0.05) is 6.92 Å². The summed E-state index contributed by atoms with van der Waals surface area (Å²) in [5.74, 6) is 0.370. The lowest BCUT2D eigenvalue weighted by atomic mass is 10.1. The van der Waals surface area contributed by atoms with Crippen molar-refractivity contribution in [3.8, 4) is 0 Å². The maximum atomic E-state index is 8.89. The molecule has 0 fully saturated rings. The monoisotopic (exact) mass is 210 g/mol.